The number of carbonyl (C=O) groups is 1. The van der Waals surface area contributed by atoms with E-state index in [0.29, 0.717) is 18.4 Å². The van der Waals surface area contributed by atoms with Crippen molar-refractivity contribution in [3.63, 3.8) is 0 Å². The maximum atomic E-state index is 13.0. The lowest BCUT2D eigenvalue weighted by Crippen LogP contribution is -2.55. The number of methoxy groups -OCH3 is 2. The number of hydrogen-bond acceptors (Lipinski definition) is 3. The Balaban J connectivity index is 1.22. The van der Waals surface area contributed by atoms with Crippen LogP contribution in [0.4, 0.5) is 0 Å². The van der Waals surface area contributed by atoms with Gasteiger partial charge in [-0.1, -0.05) is 36.4 Å². The largest absolute Gasteiger partial charge is 0.493 e. The Bertz CT molecular complexity index is 956. The summed E-state index contributed by atoms with van der Waals surface area (Å²) in [6, 6.07) is 17.1. The molecule has 4 aliphatic carbocycles. The van der Waals surface area contributed by atoms with E-state index < -0.39 is 0 Å². The zero-order valence-electron chi connectivity index (χ0n) is 19.4. The topological polar surface area (TPSA) is 47.6 Å². The van der Waals surface area contributed by atoms with Gasteiger partial charge >= 0.3 is 0 Å². The van der Waals surface area contributed by atoms with Gasteiger partial charge in [-0.25, -0.2) is 0 Å². The molecule has 4 aliphatic rings. The van der Waals surface area contributed by atoms with Crippen LogP contribution in [-0.4, -0.2) is 26.7 Å². The van der Waals surface area contributed by atoms with E-state index in [1.165, 1.54) is 44.1 Å². The van der Waals surface area contributed by atoms with Crippen molar-refractivity contribution < 1.29 is 14.3 Å². The van der Waals surface area contributed by atoms with Gasteiger partial charge in [0.25, 0.3) is 0 Å². The van der Waals surface area contributed by atoms with E-state index in [9.17, 15) is 4.79 Å². The molecule has 6 rings (SSSR count). The molecule has 0 radical (unpaired) electrons. The van der Waals surface area contributed by atoms with Crippen molar-refractivity contribution in [2.45, 2.75) is 56.8 Å². The Morgan fingerprint density at radius 3 is 2.38 bits per heavy atom. The molecule has 2 aromatic rings. The van der Waals surface area contributed by atoms with Crippen LogP contribution in [0.2, 0.25) is 0 Å². The third-order valence-corrected chi connectivity index (χ3v) is 8.29. The molecule has 4 saturated carbocycles. The molecule has 4 heteroatoms. The third kappa shape index (κ3) is 4.00. The van der Waals surface area contributed by atoms with Crippen LogP contribution < -0.4 is 14.8 Å². The zero-order valence-corrected chi connectivity index (χ0v) is 19.4. The molecular formula is C28H35NO3. The number of nitrogens with one attached hydrogen (secondary N) is 1. The highest BCUT2D eigenvalue weighted by molar-refractivity contribution is 5.76. The molecular weight excluding hydrogens is 398 g/mol. The predicted molar refractivity (Wildman–Crippen MR) is 126 cm³/mol. The first-order valence-electron chi connectivity index (χ1n) is 12.1. The Morgan fingerprint density at radius 2 is 1.69 bits per heavy atom. The van der Waals surface area contributed by atoms with Crippen molar-refractivity contribution in [3.05, 3.63) is 59.7 Å². The molecule has 32 heavy (non-hydrogen) atoms. The van der Waals surface area contributed by atoms with Gasteiger partial charge in [0.1, 0.15) is 0 Å². The Labute approximate surface area is 191 Å². The minimum Gasteiger partial charge on any atom is -0.493 e. The molecule has 4 fully saturated rings. The highest BCUT2D eigenvalue weighted by Crippen LogP contribution is 2.66. The maximum absolute atomic E-state index is 13.0. The molecule has 4 atom stereocenters. The first kappa shape index (κ1) is 21.4. The molecule has 0 heterocycles. The molecule has 170 valence electrons. The molecule has 4 nitrogen and oxygen atoms in total. The Morgan fingerprint density at radius 1 is 0.969 bits per heavy atom. The smallest absolute Gasteiger partial charge is 0.220 e. The number of hydrogen-bond donors (Lipinski definition) is 1. The molecule has 2 unspecified atom stereocenters. The van der Waals surface area contributed by atoms with Crippen LogP contribution in [0.1, 0.15) is 56.1 Å². The minimum absolute atomic E-state index is 0.188. The summed E-state index contributed by atoms with van der Waals surface area (Å²) in [6.45, 7) is 0.654. The lowest BCUT2D eigenvalue weighted by molar-refractivity contribution is -0.131. The third-order valence-electron chi connectivity index (χ3n) is 8.29. The normalized spacial score (nSPS) is 30.2. The van der Waals surface area contributed by atoms with E-state index in [0.717, 1.165) is 35.3 Å². The molecule has 1 N–H and O–H groups in total. The molecule has 0 aromatic heterocycles. The highest BCUT2D eigenvalue weighted by atomic mass is 16.5. The van der Waals surface area contributed by atoms with Gasteiger partial charge in [-0.05, 0) is 90.9 Å². The average Bonchev–Trinajstić information content (AvgIpc) is 2.78. The van der Waals surface area contributed by atoms with E-state index in [-0.39, 0.29) is 11.3 Å². The highest BCUT2D eigenvalue weighted by Gasteiger charge is 2.58. The fourth-order valence-corrected chi connectivity index (χ4v) is 7.57. The van der Waals surface area contributed by atoms with Crippen LogP contribution in [0.25, 0.3) is 0 Å². The van der Waals surface area contributed by atoms with Crippen LogP contribution in [0.5, 0.6) is 11.5 Å². The van der Waals surface area contributed by atoms with Gasteiger partial charge in [0.2, 0.25) is 5.91 Å². The van der Waals surface area contributed by atoms with Crippen molar-refractivity contribution in [2.75, 3.05) is 20.8 Å². The summed E-state index contributed by atoms with van der Waals surface area (Å²) in [6.07, 6.45) is 9.13. The summed E-state index contributed by atoms with van der Waals surface area (Å²) >= 11 is 0. The number of ether oxygens (including phenoxy) is 2. The lowest BCUT2D eigenvalue weighted by Gasteiger charge is -2.62. The van der Waals surface area contributed by atoms with Crippen LogP contribution in [0.3, 0.4) is 0 Å². The fourth-order valence-electron chi connectivity index (χ4n) is 7.57. The summed E-state index contributed by atoms with van der Waals surface area (Å²) in [5.74, 6) is 3.26. The van der Waals surface area contributed by atoms with Crippen molar-refractivity contribution in [1.82, 2.24) is 5.32 Å². The quantitative estimate of drug-likeness (QED) is 0.615. The summed E-state index contributed by atoms with van der Waals surface area (Å²) in [5, 5.41) is 3.21. The second kappa shape index (κ2) is 8.46. The van der Waals surface area contributed by atoms with Gasteiger partial charge in [-0.3, -0.25) is 4.79 Å². The summed E-state index contributed by atoms with van der Waals surface area (Å²) < 4.78 is 10.7. The number of amides is 1. The van der Waals surface area contributed by atoms with Gasteiger partial charge in [0.05, 0.1) is 14.2 Å². The van der Waals surface area contributed by atoms with E-state index in [1.54, 1.807) is 14.2 Å². The van der Waals surface area contributed by atoms with Gasteiger partial charge in [-0.2, -0.15) is 0 Å². The van der Waals surface area contributed by atoms with E-state index in [2.05, 4.69) is 35.6 Å². The molecule has 0 spiro atoms. The van der Waals surface area contributed by atoms with Crippen molar-refractivity contribution in [2.24, 2.45) is 17.3 Å². The van der Waals surface area contributed by atoms with E-state index in [4.69, 9.17) is 9.47 Å². The first-order chi connectivity index (χ1) is 15.5. The summed E-state index contributed by atoms with van der Waals surface area (Å²) in [7, 11) is 3.29. The standard InChI is InChI=1S/C28H35NO3/c1-31-24-9-8-20(13-25(24)32-2)10-11-29-26(30)18-27-14-21-12-22(15-27)17-28(16-21,19-27)23-6-4-3-5-7-23/h3-9,13,21-22H,10-12,14-19H2,1-2H3,(H,29,30)/t21-,22+,27?,28?. The molecule has 1 amide bonds. The zero-order chi connectivity index (χ0) is 22.2. The molecule has 4 bridgehead atoms. The monoisotopic (exact) mass is 433 g/mol. The predicted octanol–water partition coefficient (Wildman–Crippen LogP) is 5.29. The van der Waals surface area contributed by atoms with Crippen LogP contribution >= 0.6 is 0 Å². The van der Waals surface area contributed by atoms with Gasteiger partial charge in [0.15, 0.2) is 11.5 Å². The van der Waals surface area contributed by atoms with Crippen molar-refractivity contribution in [3.8, 4) is 11.5 Å². The van der Waals surface area contributed by atoms with Gasteiger partial charge in [-0.15, -0.1) is 0 Å². The van der Waals surface area contributed by atoms with Crippen LogP contribution in [0.15, 0.2) is 48.5 Å². The average molecular weight is 434 g/mol. The fraction of sp³-hybridized carbons (Fsp3) is 0.536. The minimum atomic E-state index is 0.188. The van der Waals surface area contributed by atoms with Crippen molar-refractivity contribution >= 4 is 5.91 Å². The van der Waals surface area contributed by atoms with Crippen LogP contribution in [-0.2, 0) is 16.6 Å². The number of carbonyl (C=O) groups excluding carboxylic acids is 1. The number of benzene rings is 2. The summed E-state index contributed by atoms with van der Waals surface area (Å²) in [4.78, 5) is 13.0. The lowest BCUT2D eigenvalue weighted by atomic mass is 9.42. The second-order valence-corrected chi connectivity index (χ2v) is 10.6. The summed E-state index contributed by atoms with van der Waals surface area (Å²) in [5.41, 5.74) is 3.13. The van der Waals surface area contributed by atoms with Crippen molar-refractivity contribution in [1.29, 1.82) is 0 Å². The molecule has 0 aliphatic heterocycles. The molecule has 0 saturated heterocycles. The van der Waals surface area contributed by atoms with Crippen LogP contribution in [0, 0.1) is 17.3 Å². The Kier molecular flexibility index (Phi) is 5.65. The first-order valence-corrected chi connectivity index (χ1v) is 12.1. The Hall–Kier alpha value is -2.49. The molecule has 2 aromatic carbocycles. The van der Waals surface area contributed by atoms with Gasteiger partial charge < -0.3 is 14.8 Å². The second-order valence-electron chi connectivity index (χ2n) is 10.6. The maximum Gasteiger partial charge on any atom is 0.220 e. The number of rotatable bonds is 8. The SMILES string of the molecule is COc1ccc(CCNC(=O)CC23C[C@H]4C[C@@H](C2)CC(c2ccccc2)(C4)C3)cc1OC. The van der Waals surface area contributed by atoms with E-state index >= 15 is 0 Å². The van der Waals surface area contributed by atoms with Gasteiger partial charge in [0, 0.05) is 13.0 Å². The van der Waals surface area contributed by atoms with E-state index in [1.807, 2.05) is 18.2 Å².